The fourth-order valence-electron chi connectivity index (χ4n) is 1.24. The zero-order valence-electron chi connectivity index (χ0n) is 9.55. The molecule has 0 unspecified atom stereocenters. The Hall–Kier alpha value is -2.13. The number of halogens is 6. The summed E-state index contributed by atoms with van der Waals surface area (Å²) in [5.74, 6) is -1.98. The molecular weight excluding hydrogens is 294 g/mol. The topological polar surface area (TPSA) is 78.3 Å². The lowest BCUT2D eigenvalue weighted by Gasteiger charge is -2.24. The third-order valence-electron chi connectivity index (χ3n) is 2.14. The van der Waals surface area contributed by atoms with Gasteiger partial charge in [0.1, 0.15) is 5.75 Å². The number of benzene rings is 1. The molecule has 20 heavy (non-hydrogen) atoms. The average molecular weight is 302 g/mol. The molecule has 1 aromatic carbocycles. The molecule has 0 fully saturated rings. The Morgan fingerprint density at radius 3 is 2.00 bits per heavy atom. The minimum atomic E-state index is -5.69. The van der Waals surface area contributed by atoms with Crippen LogP contribution < -0.4 is 16.2 Å². The Morgan fingerprint density at radius 1 is 1.10 bits per heavy atom. The molecule has 0 saturated carbocycles. The normalized spacial score (nSPS) is 12.6. The van der Waals surface area contributed by atoms with Crippen molar-refractivity contribution in [2.75, 3.05) is 5.73 Å². The van der Waals surface area contributed by atoms with Gasteiger partial charge in [-0.25, -0.2) is 0 Å². The molecule has 0 bridgehead atoms. The first kappa shape index (κ1) is 15.9. The summed E-state index contributed by atoms with van der Waals surface area (Å²) in [5.41, 5.74) is 9.24. The average Bonchev–Trinajstić information content (AvgIpc) is 2.24. The largest absolute Gasteiger partial charge is 0.469 e. The maximum Gasteiger partial charge on any atom is 0.434 e. The third-order valence-corrected chi connectivity index (χ3v) is 2.14. The number of carbonyl (C=O) groups is 1. The van der Waals surface area contributed by atoms with Gasteiger partial charge in [0.05, 0.1) is 5.69 Å². The molecule has 4 nitrogen and oxygen atoms in total. The Labute approximate surface area is 108 Å². The van der Waals surface area contributed by atoms with Crippen LogP contribution in [-0.4, -0.2) is 24.4 Å². The summed E-state index contributed by atoms with van der Waals surface area (Å²) >= 11 is 0. The molecule has 0 aliphatic heterocycles. The van der Waals surface area contributed by atoms with Crippen molar-refractivity contribution in [3.63, 3.8) is 0 Å². The van der Waals surface area contributed by atoms with Crippen LogP contribution in [-0.2, 0) is 0 Å². The third kappa shape index (κ3) is 3.68. The molecule has 0 aromatic heterocycles. The number of ether oxygens (including phenoxy) is 1. The van der Waals surface area contributed by atoms with Crippen LogP contribution in [0, 0.1) is 0 Å². The molecule has 4 N–H and O–H groups in total. The van der Waals surface area contributed by atoms with Gasteiger partial charge in [0.15, 0.2) is 0 Å². The van der Waals surface area contributed by atoms with Crippen LogP contribution in [0.25, 0.3) is 0 Å². The summed E-state index contributed by atoms with van der Waals surface area (Å²) in [6, 6.07) is 2.57. The van der Waals surface area contributed by atoms with Crippen molar-refractivity contribution < 1.29 is 35.9 Å². The number of nitrogen functional groups attached to an aromatic ring is 1. The minimum absolute atomic E-state index is 0.336. The van der Waals surface area contributed by atoms with Gasteiger partial charge in [-0.05, 0) is 18.2 Å². The zero-order valence-corrected chi connectivity index (χ0v) is 9.55. The maximum absolute atomic E-state index is 12.3. The van der Waals surface area contributed by atoms with Crippen molar-refractivity contribution in [1.82, 2.24) is 0 Å². The van der Waals surface area contributed by atoms with Crippen molar-refractivity contribution in [2.24, 2.45) is 5.73 Å². The van der Waals surface area contributed by atoms with Gasteiger partial charge in [0.2, 0.25) is 5.91 Å². The smallest absolute Gasteiger partial charge is 0.434 e. The second-order valence-electron chi connectivity index (χ2n) is 3.70. The van der Waals surface area contributed by atoms with Crippen LogP contribution in [0.1, 0.15) is 10.4 Å². The second-order valence-corrected chi connectivity index (χ2v) is 3.70. The summed E-state index contributed by atoms with van der Waals surface area (Å²) in [7, 11) is 0. The Morgan fingerprint density at radius 2 is 1.60 bits per heavy atom. The lowest BCUT2D eigenvalue weighted by molar-refractivity contribution is -0.299. The Balaban J connectivity index is 3.18. The van der Waals surface area contributed by atoms with E-state index in [0.717, 1.165) is 12.1 Å². The molecule has 112 valence electrons. The lowest BCUT2D eigenvalue weighted by atomic mass is 10.2. The first-order valence-corrected chi connectivity index (χ1v) is 4.92. The highest BCUT2D eigenvalue weighted by molar-refractivity contribution is 5.93. The number of anilines is 1. The lowest BCUT2D eigenvalue weighted by Crippen LogP contribution is -2.46. The van der Waals surface area contributed by atoms with Crippen molar-refractivity contribution in [3.8, 4) is 5.75 Å². The van der Waals surface area contributed by atoms with Gasteiger partial charge in [-0.1, -0.05) is 0 Å². The van der Waals surface area contributed by atoms with Gasteiger partial charge in [-0.15, -0.1) is 0 Å². The van der Waals surface area contributed by atoms with Gasteiger partial charge in [-0.3, -0.25) is 4.79 Å². The van der Waals surface area contributed by atoms with Gasteiger partial charge < -0.3 is 16.2 Å². The Bertz CT molecular complexity index is 497. The second kappa shape index (κ2) is 5.10. The fourth-order valence-corrected chi connectivity index (χ4v) is 1.24. The zero-order chi connectivity index (χ0) is 15.7. The molecular formula is C10H8F6N2O2. The van der Waals surface area contributed by atoms with Crippen molar-refractivity contribution in [3.05, 3.63) is 23.8 Å². The molecule has 0 aliphatic carbocycles. The maximum atomic E-state index is 12.3. The molecule has 0 spiro atoms. The highest BCUT2D eigenvalue weighted by atomic mass is 19.4. The SMILES string of the molecule is NC(=O)c1ccc(N)c(OC(C(F)(F)F)C(F)(F)F)c1. The van der Waals surface area contributed by atoms with Crippen LogP contribution in [0.15, 0.2) is 18.2 Å². The number of nitrogens with two attached hydrogens (primary N) is 2. The number of carbonyl (C=O) groups excluding carboxylic acids is 1. The van der Waals surface area contributed by atoms with E-state index in [-0.39, 0.29) is 5.56 Å². The first-order valence-electron chi connectivity index (χ1n) is 4.92. The van der Waals surface area contributed by atoms with Crippen LogP contribution in [0.2, 0.25) is 0 Å². The molecule has 0 radical (unpaired) electrons. The van der Waals surface area contributed by atoms with Gasteiger partial charge in [0.25, 0.3) is 6.10 Å². The summed E-state index contributed by atoms with van der Waals surface area (Å²) in [4.78, 5) is 10.8. The number of amides is 1. The van der Waals surface area contributed by atoms with Crippen molar-refractivity contribution in [1.29, 1.82) is 0 Å². The number of alkyl halides is 6. The Kier molecular flexibility index (Phi) is 4.06. The molecule has 1 aromatic rings. The number of primary amides is 1. The standard InChI is InChI=1S/C10H8F6N2O2/c11-9(12,13)8(10(14,15)16)20-6-3-4(7(18)19)1-2-5(6)17/h1-3,8H,17H2,(H2,18,19). The predicted octanol–water partition coefficient (Wildman–Crippen LogP) is 2.24. The molecule has 0 atom stereocenters. The molecule has 0 aliphatic rings. The van der Waals surface area contributed by atoms with Gasteiger partial charge in [0, 0.05) is 5.56 Å². The van der Waals surface area contributed by atoms with E-state index in [0.29, 0.717) is 6.07 Å². The molecule has 0 saturated heterocycles. The van der Waals surface area contributed by atoms with Crippen molar-refractivity contribution >= 4 is 11.6 Å². The van der Waals surface area contributed by atoms with E-state index in [1.807, 2.05) is 0 Å². The van der Waals surface area contributed by atoms with Crippen LogP contribution in [0.3, 0.4) is 0 Å². The van der Waals surface area contributed by atoms with E-state index in [2.05, 4.69) is 4.74 Å². The van der Waals surface area contributed by atoms with Gasteiger partial charge >= 0.3 is 12.4 Å². The van der Waals surface area contributed by atoms with E-state index in [9.17, 15) is 31.1 Å². The van der Waals surface area contributed by atoms with Crippen molar-refractivity contribution in [2.45, 2.75) is 18.5 Å². The summed E-state index contributed by atoms with van der Waals surface area (Å²) in [6.07, 6.45) is -15.4. The summed E-state index contributed by atoms with van der Waals surface area (Å²) in [6.45, 7) is 0. The quantitative estimate of drug-likeness (QED) is 0.664. The van der Waals surface area contributed by atoms with Crippen LogP contribution >= 0.6 is 0 Å². The van der Waals surface area contributed by atoms with Gasteiger partial charge in [-0.2, -0.15) is 26.3 Å². The highest BCUT2D eigenvalue weighted by Crippen LogP contribution is 2.38. The first-order chi connectivity index (χ1) is 8.93. The highest BCUT2D eigenvalue weighted by Gasteiger charge is 2.59. The molecule has 0 heterocycles. The minimum Gasteiger partial charge on any atom is -0.469 e. The summed E-state index contributed by atoms with van der Waals surface area (Å²) in [5, 5.41) is 0. The summed E-state index contributed by atoms with van der Waals surface area (Å²) < 4.78 is 77.8. The molecule has 1 amide bonds. The fraction of sp³-hybridized carbons (Fsp3) is 0.300. The number of hydrogen-bond acceptors (Lipinski definition) is 3. The van der Waals surface area contributed by atoms with Crippen LogP contribution in [0.5, 0.6) is 5.75 Å². The van der Waals surface area contributed by atoms with E-state index in [1.54, 1.807) is 0 Å². The van der Waals surface area contributed by atoms with E-state index in [4.69, 9.17) is 11.5 Å². The monoisotopic (exact) mass is 302 g/mol. The molecule has 1 rings (SSSR count). The number of hydrogen-bond donors (Lipinski definition) is 2. The van der Waals surface area contributed by atoms with E-state index < -0.39 is 35.8 Å². The predicted molar refractivity (Wildman–Crippen MR) is 55.9 cm³/mol. The van der Waals surface area contributed by atoms with E-state index in [1.165, 1.54) is 0 Å². The van der Waals surface area contributed by atoms with Crippen LogP contribution in [0.4, 0.5) is 32.0 Å². The van der Waals surface area contributed by atoms with E-state index >= 15 is 0 Å². The number of rotatable bonds is 3. The molecule has 10 heteroatoms.